The van der Waals surface area contributed by atoms with Crippen LogP contribution in [0.15, 0.2) is 17.4 Å². The number of rotatable bonds is 10. The molecule has 13 heteroatoms. The maximum Gasteiger partial charge on any atom is 0.278 e. The molecule has 3 N–H and O–H groups in total. The number of aliphatic hydroxyl groups excluding tert-OH is 2. The Labute approximate surface area is 186 Å². The molecule has 0 radical (unpaired) electrons. The molecule has 1 unspecified atom stereocenters. The van der Waals surface area contributed by atoms with Gasteiger partial charge in [0.05, 0.1) is 38.4 Å². The highest BCUT2D eigenvalue weighted by atomic mass is 31.2. The largest absolute Gasteiger partial charge is 0.394 e. The molecule has 176 valence electrons. The van der Waals surface area contributed by atoms with Crippen molar-refractivity contribution >= 4 is 19.7 Å². The lowest BCUT2D eigenvalue weighted by molar-refractivity contribution is -0.0497. The van der Waals surface area contributed by atoms with Crippen LogP contribution in [0.3, 0.4) is 0 Å². The number of ether oxygens (including phenoxy) is 1. The normalized spacial score (nSPS) is 24.6. The molecule has 12 nitrogen and oxygen atoms in total. The molecule has 3 heterocycles. The Balaban J connectivity index is 1.96. The van der Waals surface area contributed by atoms with Crippen LogP contribution >= 0.6 is 8.53 Å². The minimum absolute atomic E-state index is 0.0593. The Morgan fingerprint density at radius 1 is 1.38 bits per heavy atom. The number of nitriles is 1. The molecule has 0 aliphatic carbocycles. The molecule has 1 aliphatic heterocycles. The van der Waals surface area contributed by atoms with Gasteiger partial charge in [0, 0.05) is 12.1 Å². The minimum atomic E-state index is -1.69. The standard InChI is InChI=1S/C19H29N6O6P/c1-11(2)25(12(3)4)32(29-7-5-6-20)31-16-15(27)13(8-26)30-19(16)24-10-23-14-17(24)21-9-22-18(14)28/h9-13,15-16,19,26-27H,5,7-8H2,1-4H3,(H,21,22,28)/t13-,15-,16-,19-,32?/m1/s1. The molecule has 5 atom stereocenters. The molecule has 2 aromatic heterocycles. The van der Waals surface area contributed by atoms with Crippen LogP contribution < -0.4 is 5.56 Å². The predicted octanol–water partition coefficient (Wildman–Crippen LogP) is 1.03. The van der Waals surface area contributed by atoms with E-state index in [9.17, 15) is 15.0 Å². The van der Waals surface area contributed by atoms with Gasteiger partial charge in [0.15, 0.2) is 17.4 Å². The molecule has 0 bridgehead atoms. The Morgan fingerprint density at radius 2 is 2.09 bits per heavy atom. The first-order valence-electron chi connectivity index (χ1n) is 10.4. The van der Waals surface area contributed by atoms with E-state index < -0.39 is 45.2 Å². The summed E-state index contributed by atoms with van der Waals surface area (Å²) in [5.41, 5.74) is -0.0240. The van der Waals surface area contributed by atoms with Crippen molar-refractivity contribution < 1.29 is 24.0 Å². The van der Waals surface area contributed by atoms with E-state index in [1.807, 2.05) is 38.4 Å². The van der Waals surface area contributed by atoms with Crippen molar-refractivity contribution in [3.8, 4) is 6.07 Å². The Bertz CT molecular complexity index is 983. The smallest absolute Gasteiger partial charge is 0.278 e. The van der Waals surface area contributed by atoms with Crippen LogP contribution in [-0.4, -0.2) is 78.0 Å². The molecule has 0 spiro atoms. The summed E-state index contributed by atoms with van der Waals surface area (Å²) in [5, 5.41) is 29.5. The molecule has 1 fully saturated rings. The third kappa shape index (κ3) is 5.00. The SMILES string of the molecule is CC(C)N(C(C)C)P(OCCC#N)O[C@@H]1[C@H](O)[C@@H](CO)O[C@H]1n1cnc2c(=O)[nH]cnc21. The lowest BCUT2D eigenvalue weighted by Gasteiger charge is -2.37. The summed E-state index contributed by atoms with van der Waals surface area (Å²) < 4.78 is 21.7. The number of hydrogen-bond donors (Lipinski definition) is 3. The molecule has 0 amide bonds. The van der Waals surface area contributed by atoms with Crippen molar-refractivity contribution in [2.24, 2.45) is 0 Å². The maximum absolute atomic E-state index is 12.1. The average Bonchev–Trinajstić information content (AvgIpc) is 3.30. The van der Waals surface area contributed by atoms with Gasteiger partial charge < -0.3 is 29.0 Å². The second-order valence-electron chi connectivity index (χ2n) is 7.91. The van der Waals surface area contributed by atoms with Crippen LogP contribution in [0.4, 0.5) is 0 Å². The first kappa shape index (κ1) is 24.7. The molecule has 2 aromatic rings. The summed E-state index contributed by atoms with van der Waals surface area (Å²) in [6.07, 6.45) is -1.10. The van der Waals surface area contributed by atoms with Gasteiger partial charge in [0.1, 0.15) is 18.3 Å². The van der Waals surface area contributed by atoms with E-state index in [4.69, 9.17) is 19.0 Å². The number of aromatic amines is 1. The molecule has 1 saturated heterocycles. The predicted molar refractivity (Wildman–Crippen MR) is 115 cm³/mol. The van der Waals surface area contributed by atoms with Gasteiger partial charge in [0.2, 0.25) is 0 Å². The lowest BCUT2D eigenvalue weighted by atomic mass is 10.1. The summed E-state index contributed by atoms with van der Waals surface area (Å²) in [5.74, 6) is 0. The van der Waals surface area contributed by atoms with Gasteiger partial charge in [-0.25, -0.2) is 14.6 Å². The second-order valence-corrected chi connectivity index (χ2v) is 9.32. The quantitative estimate of drug-likeness (QED) is 0.340. The number of fused-ring (bicyclic) bond motifs is 1. The van der Waals surface area contributed by atoms with Crippen molar-refractivity contribution in [3.63, 3.8) is 0 Å². The third-order valence-electron chi connectivity index (χ3n) is 5.01. The average molecular weight is 468 g/mol. The van der Waals surface area contributed by atoms with Crippen molar-refractivity contribution in [3.05, 3.63) is 23.0 Å². The third-order valence-corrected chi connectivity index (χ3v) is 7.13. The van der Waals surface area contributed by atoms with E-state index >= 15 is 0 Å². The molecule has 32 heavy (non-hydrogen) atoms. The van der Waals surface area contributed by atoms with Gasteiger partial charge in [-0.1, -0.05) is 0 Å². The molecule has 1 aliphatic rings. The van der Waals surface area contributed by atoms with E-state index in [1.165, 1.54) is 17.2 Å². The number of H-pyrrole nitrogens is 1. The Hall–Kier alpha value is -1.97. The van der Waals surface area contributed by atoms with Crippen LogP contribution in [0.1, 0.15) is 40.3 Å². The number of aromatic nitrogens is 4. The molecule has 3 rings (SSSR count). The van der Waals surface area contributed by atoms with Crippen LogP contribution in [0.2, 0.25) is 0 Å². The van der Waals surface area contributed by atoms with Crippen LogP contribution in [0.25, 0.3) is 11.2 Å². The Kier molecular flexibility index (Phi) is 8.30. The molecule has 0 aromatic carbocycles. The van der Waals surface area contributed by atoms with Gasteiger partial charge in [-0.05, 0) is 27.7 Å². The fourth-order valence-electron chi connectivity index (χ4n) is 3.65. The molecular weight excluding hydrogens is 439 g/mol. The number of hydrogen-bond acceptors (Lipinski definition) is 10. The fraction of sp³-hybridized carbons (Fsp3) is 0.684. The van der Waals surface area contributed by atoms with Gasteiger partial charge in [-0.2, -0.15) is 5.26 Å². The monoisotopic (exact) mass is 468 g/mol. The highest BCUT2D eigenvalue weighted by Gasteiger charge is 2.48. The van der Waals surface area contributed by atoms with Gasteiger partial charge in [-0.15, -0.1) is 0 Å². The van der Waals surface area contributed by atoms with Gasteiger partial charge in [0.25, 0.3) is 14.1 Å². The van der Waals surface area contributed by atoms with Crippen molar-refractivity contribution in [2.45, 2.75) is 70.7 Å². The van der Waals surface area contributed by atoms with E-state index in [0.717, 1.165) is 0 Å². The van der Waals surface area contributed by atoms with Crippen molar-refractivity contribution in [2.75, 3.05) is 13.2 Å². The zero-order chi connectivity index (χ0) is 23.4. The minimum Gasteiger partial charge on any atom is -0.394 e. The highest BCUT2D eigenvalue weighted by molar-refractivity contribution is 7.44. The van der Waals surface area contributed by atoms with Crippen LogP contribution in [0.5, 0.6) is 0 Å². The summed E-state index contributed by atoms with van der Waals surface area (Å²) >= 11 is 0. The number of nitrogens with zero attached hydrogens (tertiary/aromatic N) is 5. The van der Waals surface area contributed by atoms with E-state index in [2.05, 4.69) is 15.0 Å². The summed E-state index contributed by atoms with van der Waals surface area (Å²) in [6.45, 7) is 7.75. The highest BCUT2D eigenvalue weighted by Crippen LogP contribution is 2.50. The van der Waals surface area contributed by atoms with Gasteiger partial charge in [-0.3, -0.25) is 9.36 Å². The first-order valence-corrected chi connectivity index (χ1v) is 11.5. The summed E-state index contributed by atoms with van der Waals surface area (Å²) in [6, 6.07) is 2.17. The maximum atomic E-state index is 12.1. The van der Waals surface area contributed by atoms with E-state index in [0.29, 0.717) is 0 Å². The zero-order valence-electron chi connectivity index (χ0n) is 18.5. The fourth-order valence-corrected chi connectivity index (χ4v) is 5.40. The van der Waals surface area contributed by atoms with Crippen LogP contribution in [-0.2, 0) is 13.8 Å². The van der Waals surface area contributed by atoms with Crippen LogP contribution in [0, 0.1) is 11.3 Å². The zero-order valence-corrected chi connectivity index (χ0v) is 19.3. The second kappa shape index (κ2) is 10.8. The lowest BCUT2D eigenvalue weighted by Crippen LogP contribution is -2.39. The van der Waals surface area contributed by atoms with E-state index in [-0.39, 0.29) is 36.3 Å². The van der Waals surface area contributed by atoms with Crippen molar-refractivity contribution in [1.82, 2.24) is 24.2 Å². The Morgan fingerprint density at radius 3 is 2.72 bits per heavy atom. The summed E-state index contributed by atoms with van der Waals surface area (Å²) in [4.78, 5) is 22.8. The summed E-state index contributed by atoms with van der Waals surface area (Å²) in [7, 11) is -1.69. The van der Waals surface area contributed by atoms with Gasteiger partial charge >= 0.3 is 0 Å². The number of nitrogens with one attached hydrogen (secondary N) is 1. The topological polar surface area (TPSA) is 159 Å². The first-order chi connectivity index (χ1) is 15.3. The number of imidazole rings is 1. The van der Waals surface area contributed by atoms with E-state index in [1.54, 1.807) is 0 Å². The molecule has 0 saturated carbocycles. The number of aliphatic hydroxyl groups is 2. The van der Waals surface area contributed by atoms with Crippen molar-refractivity contribution in [1.29, 1.82) is 5.26 Å². The molecular formula is C19H29N6O6P.